The normalized spacial score (nSPS) is 16.4. The van der Waals surface area contributed by atoms with Crippen molar-refractivity contribution in [3.05, 3.63) is 51.2 Å². The monoisotopic (exact) mass is 403 g/mol. The Morgan fingerprint density at radius 3 is 2.64 bits per heavy atom. The van der Waals surface area contributed by atoms with E-state index in [1.54, 1.807) is 30.5 Å². The van der Waals surface area contributed by atoms with Crippen molar-refractivity contribution in [2.45, 2.75) is 39.8 Å². The molecule has 2 aromatic rings. The second-order valence-corrected chi connectivity index (χ2v) is 8.65. The molecular formula is C21H30FN5S. The standard InChI is InChI=1S/C21H30FN5S/c1-15-16(2)28-20(26-15)13-25-21(23-3)24-12-17-8-10-27(11-9-17)14-18-6-4-5-7-19(18)22/h4-7,17H,8-14H2,1-3H3,(H2,23,24,25). The molecule has 1 saturated heterocycles. The molecule has 28 heavy (non-hydrogen) atoms. The average molecular weight is 404 g/mol. The van der Waals surface area contributed by atoms with Gasteiger partial charge in [0.25, 0.3) is 0 Å². The average Bonchev–Trinajstić information content (AvgIpc) is 3.02. The van der Waals surface area contributed by atoms with Crippen LogP contribution in [0.4, 0.5) is 4.39 Å². The molecule has 1 aromatic carbocycles. The number of thiazole rings is 1. The van der Waals surface area contributed by atoms with E-state index in [1.807, 2.05) is 19.1 Å². The van der Waals surface area contributed by atoms with Crippen LogP contribution in [-0.4, -0.2) is 42.5 Å². The maximum Gasteiger partial charge on any atom is 0.191 e. The number of aromatic nitrogens is 1. The number of nitrogens with zero attached hydrogens (tertiary/aromatic N) is 3. The summed E-state index contributed by atoms with van der Waals surface area (Å²) in [6.07, 6.45) is 2.23. The molecule has 1 aromatic heterocycles. The lowest BCUT2D eigenvalue weighted by Crippen LogP contribution is -2.42. The Kier molecular flexibility index (Phi) is 7.39. The Labute approximate surface area is 171 Å². The fourth-order valence-electron chi connectivity index (χ4n) is 3.45. The summed E-state index contributed by atoms with van der Waals surface area (Å²) in [4.78, 5) is 12.5. The van der Waals surface area contributed by atoms with Crippen molar-refractivity contribution in [3.63, 3.8) is 0 Å². The molecule has 2 heterocycles. The van der Waals surface area contributed by atoms with Gasteiger partial charge in [-0.3, -0.25) is 9.89 Å². The number of guanidine groups is 1. The summed E-state index contributed by atoms with van der Waals surface area (Å²) in [6, 6.07) is 7.07. The van der Waals surface area contributed by atoms with Gasteiger partial charge in [0.2, 0.25) is 0 Å². The largest absolute Gasteiger partial charge is 0.356 e. The van der Waals surface area contributed by atoms with E-state index in [1.165, 1.54) is 4.88 Å². The van der Waals surface area contributed by atoms with Gasteiger partial charge >= 0.3 is 0 Å². The van der Waals surface area contributed by atoms with Gasteiger partial charge in [-0.05, 0) is 51.8 Å². The Hall–Kier alpha value is -1.99. The van der Waals surface area contributed by atoms with E-state index in [4.69, 9.17) is 0 Å². The zero-order chi connectivity index (χ0) is 19.9. The van der Waals surface area contributed by atoms with Crippen LogP contribution in [0.1, 0.15) is 34.0 Å². The lowest BCUT2D eigenvalue weighted by Gasteiger charge is -2.32. The number of likely N-dealkylation sites (tertiary alicyclic amines) is 1. The van der Waals surface area contributed by atoms with Crippen LogP contribution in [0.5, 0.6) is 0 Å². The van der Waals surface area contributed by atoms with Gasteiger partial charge in [0.1, 0.15) is 10.8 Å². The van der Waals surface area contributed by atoms with Gasteiger partial charge in [0, 0.05) is 30.6 Å². The minimum Gasteiger partial charge on any atom is -0.356 e. The maximum absolute atomic E-state index is 13.8. The number of benzene rings is 1. The first-order valence-electron chi connectivity index (χ1n) is 9.88. The SMILES string of the molecule is CN=C(NCc1nc(C)c(C)s1)NCC1CCN(Cc2ccccc2F)CC1. The van der Waals surface area contributed by atoms with Crippen LogP contribution in [0.2, 0.25) is 0 Å². The van der Waals surface area contributed by atoms with Gasteiger partial charge in [-0.1, -0.05) is 18.2 Å². The van der Waals surface area contributed by atoms with Gasteiger partial charge in [-0.15, -0.1) is 11.3 Å². The van der Waals surface area contributed by atoms with E-state index in [-0.39, 0.29) is 5.82 Å². The Morgan fingerprint density at radius 2 is 2.00 bits per heavy atom. The zero-order valence-corrected chi connectivity index (χ0v) is 17.8. The van der Waals surface area contributed by atoms with Crippen LogP contribution in [0.15, 0.2) is 29.3 Å². The number of rotatable bonds is 6. The first kappa shape index (κ1) is 20.7. The van der Waals surface area contributed by atoms with Crippen LogP contribution >= 0.6 is 11.3 Å². The number of halogens is 1. The van der Waals surface area contributed by atoms with Crippen molar-refractivity contribution >= 4 is 17.3 Å². The highest BCUT2D eigenvalue weighted by Crippen LogP contribution is 2.19. The minimum absolute atomic E-state index is 0.105. The summed E-state index contributed by atoms with van der Waals surface area (Å²) < 4.78 is 13.8. The first-order valence-corrected chi connectivity index (χ1v) is 10.7. The smallest absolute Gasteiger partial charge is 0.191 e. The zero-order valence-electron chi connectivity index (χ0n) is 17.0. The molecule has 1 aliphatic heterocycles. The third kappa shape index (κ3) is 5.75. The summed E-state index contributed by atoms with van der Waals surface area (Å²) in [5.41, 5.74) is 1.89. The van der Waals surface area contributed by atoms with Gasteiger partial charge in [-0.2, -0.15) is 0 Å². The molecule has 3 rings (SSSR count). The molecule has 2 N–H and O–H groups in total. The van der Waals surface area contributed by atoms with Crippen molar-refractivity contribution < 1.29 is 4.39 Å². The van der Waals surface area contributed by atoms with Crippen LogP contribution in [0.3, 0.4) is 0 Å². The minimum atomic E-state index is -0.105. The number of aliphatic imine (C=N–C) groups is 1. The molecular weight excluding hydrogens is 373 g/mol. The molecule has 0 aliphatic carbocycles. The fraction of sp³-hybridized carbons (Fsp3) is 0.524. The molecule has 1 aliphatic rings. The van der Waals surface area contributed by atoms with Crippen molar-refractivity contribution in [2.75, 3.05) is 26.7 Å². The second-order valence-electron chi connectivity index (χ2n) is 7.37. The van der Waals surface area contributed by atoms with Crippen molar-refractivity contribution in [1.82, 2.24) is 20.5 Å². The predicted octanol–water partition coefficient (Wildman–Crippen LogP) is 3.48. The molecule has 0 amide bonds. The summed E-state index contributed by atoms with van der Waals surface area (Å²) in [6.45, 7) is 8.45. The van der Waals surface area contributed by atoms with Crippen molar-refractivity contribution in [3.8, 4) is 0 Å². The summed E-state index contributed by atoms with van der Waals surface area (Å²) in [5.74, 6) is 1.32. The molecule has 0 spiro atoms. The molecule has 1 fully saturated rings. The fourth-order valence-corrected chi connectivity index (χ4v) is 4.33. The van der Waals surface area contributed by atoms with E-state index in [0.717, 1.165) is 54.7 Å². The Balaban J connectivity index is 1.38. The van der Waals surface area contributed by atoms with Crippen molar-refractivity contribution in [2.24, 2.45) is 10.9 Å². The maximum atomic E-state index is 13.8. The molecule has 5 nitrogen and oxygen atoms in total. The number of piperidine rings is 1. The quantitative estimate of drug-likeness (QED) is 0.573. The molecule has 0 atom stereocenters. The molecule has 0 bridgehead atoms. The highest BCUT2D eigenvalue weighted by Gasteiger charge is 2.20. The molecule has 0 radical (unpaired) electrons. The van der Waals surface area contributed by atoms with E-state index in [2.05, 4.69) is 32.4 Å². The van der Waals surface area contributed by atoms with Crippen LogP contribution in [0, 0.1) is 25.6 Å². The number of nitrogens with one attached hydrogen (secondary N) is 2. The van der Waals surface area contributed by atoms with E-state index in [9.17, 15) is 4.39 Å². The number of hydrogen-bond donors (Lipinski definition) is 2. The predicted molar refractivity (Wildman–Crippen MR) is 114 cm³/mol. The van der Waals surface area contributed by atoms with Crippen LogP contribution < -0.4 is 10.6 Å². The second kappa shape index (κ2) is 9.98. The summed E-state index contributed by atoms with van der Waals surface area (Å²) in [5, 5.41) is 7.87. The van der Waals surface area contributed by atoms with Gasteiger partial charge in [0.15, 0.2) is 5.96 Å². The summed E-state index contributed by atoms with van der Waals surface area (Å²) in [7, 11) is 1.80. The van der Waals surface area contributed by atoms with Gasteiger partial charge in [-0.25, -0.2) is 9.37 Å². The first-order chi connectivity index (χ1) is 13.5. The third-order valence-corrected chi connectivity index (χ3v) is 6.39. The third-order valence-electron chi connectivity index (χ3n) is 5.32. The lowest BCUT2D eigenvalue weighted by molar-refractivity contribution is 0.176. The highest BCUT2D eigenvalue weighted by atomic mass is 32.1. The van der Waals surface area contributed by atoms with E-state index >= 15 is 0 Å². The Morgan fingerprint density at radius 1 is 1.25 bits per heavy atom. The highest BCUT2D eigenvalue weighted by molar-refractivity contribution is 7.11. The Bertz CT molecular complexity index is 776. The molecule has 0 unspecified atom stereocenters. The number of hydrogen-bond acceptors (Lipinski definition) is 4. The van der Waals surface area contributed by atoms with Gasteiger partial charge in [0.05, 0.1) is 12.2 Å². The lowest BCUT2D eigenvalue weighted by atomic mass is 9.96. The molecule has 152 valence electrons. The van der Waals surface area contributed by atoms with Crippen LogP contribution in [0.25, 0.3) is 0 Å². The van der Waals surface area contributed by atoms with Crippen molar-refractivity contribution in [1.29, 1.82) is 0 Å². The number of aryl methyl sites for hydroxylation is 2. The molecule has 7 heteroatoms. The molecule has 0 saturated carbocycles. The summed E-state index contributed by atoms with van der Waals surface area (Å²) >= 11 is 1.73. The van der Waals surface area contributed by atoms with Gasteiger partial charge < -0.3 is 10.6 Å². The van der Waals surface area contributed by atoms with E-state index in [0.29, 0.717) is 19.0 Å². The van der Waals surface area contributed by atoms with E-state index < -0.39 is 0 Å². The van der Waals surface area contributed by atoms with Crippen LogP contribution in [-0.2, 0) is 13.1 Å². The topological polar surface area (TPSA) is 52.6 Å².